The Labute approximate surface area is 137 Å². The van der Waals surface area contributed by atoms with Crippen molar-refractivity contribution in [3.63, 3.8) is 0 Å². The van der Waals surface area contributed by atoms with Gasteiger partial charge in [0, 0.05) is 25.2 Å². The molecule has 1 heterocycles. The van der Waals surface area contributed by atoms with Gasteiger partial charge in [-0.05, 0) is 26.2 Å². The minimum Gasteiger partial charge on any atom is -0.391 e. The lowest BCUT2D eigenvalue weighted by atomic mass is 10.1. The number of carbonyl (C=O) groups excluding carboxylic acids is 2. The molecule has 1 unspecified atom stereocenters. The number of nitrogens with one attached hydrogen (secondary N) is 1. The van der Waals surface area contributed by atoms with Crippen LogP contribution < -0.4 is 5.32 Å². The molecule has 1 aliphatic heterocycles. The minimum absolute atomic E-state index is 0.152. The molecule has 1 rings (SSSR count). The normalized spacial score (nSPS) is 23.8. The maximum atomic E-state index is 12.4. The quantitative estimate of drug-likeness (QED) is 0.497. The second-order valence-corrected chi connectivity index (χ2v) is 6.10. The lowest BCUT2D eigenvalue weighted by molar-refractivity contribution is -0.130. The van der Waals surface area contributed by atoms with E-state index in [0.717, 1.165) is 24.5 Å². The van der Waals surface area contributed by atoms with Crippen molar-refractivity contribution in [3.05, 3.63) is 24.3 Å². The van der Waals surface area contributed by atoms with E-state index >= 15 is 0 Å². The summed E-state index contributed by atoms with van der Waals surface area (Å²) in [4.78, 5) is 25.7. The molecule has 23 heavy (non-hydrogen) atoms. The van der Waals surface area contributed by atoms with Gasteiger partial charge in [0.15, 0.2) is 6.10 Å². The SMILES string of the molecule is C=CC(O)C(=O)N[C@@H]1CC[C@H](O)CN(C(=O)/C=C(\C)CCC)C1. The number of hydrogen-bond donors (Lipinski definition) is 3. The number of likely N-dealkylation sites (tertiary alicyclic amines) is 1. The molecular formula is C17H28N2O4. The molecule has 0 radical (unpaired) electrons. The maximum absolute atomic E-state index is 12.4. The van der Waals surface area contributed by atoms with Crippen molar-refractivity contribution in [2.24, 2.45) is 0 Å². The van der Waals surface area contributed by atoms with Crippen molar-refractivity contribution in [3.8, 4) is 0 Å². The van der Waals surface area contributed by atoms with Gasteiger partial charge in [0.05, 0.1) is 6.10 Å². The Kier molecular flexibility index (Phi) is 7.98. The van der Waals surface area contributed by atoms with Gasteiger partial charge in [-0.15, -0.1) is 0 Å². The molecule has 0 aromatic rings. The smallest absolute Gasteiger partial charge is 0.253 e. The zero-order valence-electron chi connectivity index (χ0n) is 14.0. The van der Waals surface area contributed by atoms with Gasteiger partial charge in [-0.3, -0.25) is 9.59 Å². The van der Waals surface area contributed by atoms with Crippen molar-refractivity contribution < 1.29 is 19.8 Å². The highest BCUT2D eigenvalue weighted by atomic mass is 16.3. The Morgan fingerprint density at radius 1 is 1.39 bits per heavy atom. The summed E-state index contributed by atoms with van der Waals surface area (Å²) in [6.45, 7) is 7.91. The van der Waals surface area contributed by atoms with E-state index in [1.165, 1.54) is 0 Å². The summed E-state index contributed by atoms with van der Waals surface area (Å²) in [6.07, 6.45) is 3.75. The van der Waals surface area contributed by atoms with Gasteiger partial charge in [-0.2, -0.15) is 0 Å². The van der Waals surface area contributed by atoms with Crippen LogP contribution in [0.2, 0.25) is 0 Å². The fraction of sp³-hybridized carbons (Fsp3) is 0.647. The van der Waals surface area contributed by atoms with E-state index in [0.29, 0.717) is 19.4 Å². The number of β-amino-alcohol motifs (C(OH)–C–C–N with tert-alkyl or cyclic N) is 1. The van der Waals surface area contributed by atoms with Crippen LogP contribution in [0.1, 0.15) is 39.5 Å². The van der Waals surface area contributed by atoms with Crippen molar-refractivity contribution in [1.82, 2.24) is 10.2 Å². The molecule has 130 valence electrons. The van der Waals surface area contributed by atoms with Gasteiger partial charge in [0.25, 0.3) is 5.91 Å². The number of amides is 2. The van der Waals surface area contributed by atoms with Crippen LogP contribution in [-0.2, 0) is 9.59 Å². The first-order valence-corrected chi connectivity index (χ1v) is 8.12. The topological polar surface area (TPSA) is 89.9 Å². The van der Waals surface area contributed by atoms with E-state index in [9.17, 15) is 19.8 Å². The highest BCUT2D eigenvalue weighted by Gasteiger charge is 2.27. The number of allylic oxidation sites excluding steroid dienone is 1. The highest BCUT2D eigenvalue weighted by molar-refractivity contribution is 5.88. The summed E-state index contributed by atoms with van der Waals surface area (Å²) in [5.41, 5.74) is 0.999. The molecule has 6 nitrogen and oxygen atoms in total. The first-order chi connectivity index (χ1) is 10.9. The lowest BCUT2D eigenvalue weighted by Crippen LogP contribution is -2.47. The van der Waals surface area contributed by atoms with Gasteiger partial charge < -0.3 is 20.4 Å². The van der Waals surface area contributed by atoms with Crippen LogP contribution in [0.3, 0.4) is 0 Å². The first kappa shape index (κ1) is 19.4. The van der Waals surface area contributed by atoms with Crippen LogP contribution in [0, 0.1) is 0 Å². The molecule has 6 heteroatoms. The Hall–Kier alpha value is -1.66. The van der Waals surface area contributed by atoms with Crippen LogP contribution in [0.15, 0.2) is 24.3 Å². The summed E-state index contributed by atoms with van der Waals surface area (Å²) in [5.74, 6) is -0.688. The monoisotopic (exact) mass is 324 g/mol. The number of aliphatic hydroxyl groups is 2. The molecule has 0 saturated carbocycles. The fourth-order valence-corrected chi connectivity index (χ4v) is 2.63. The van der Waals surface area contributed by atoms with Crippen molar-refractivity contribution >= 4 is 11.8 Å². The van der Waals surface area contributed by atoms with Crippen LogP contribution in [0.25, 0.3) is 0 Å². The predicted octanol–water partition coefficient (Wildman–Crippen LogP) is 0.748. The van der Waals surface area contributed by atoms with Gasteiger partial charge in [0.2, 0.25) is 5.91 Å². The fourth-order valence-electron chi connectivity index (χ4n) is 2.63. The van der Waals surface area contributed by atoms with Gasteiger partial charge in [-0.1, -0.05) is 31.6 Å². The number of rotatable bonds is 6. The standard InChI is InChI=1S/C17H28N2O4/c1-4-6-12(3)9-16(22)19-10-13(7-8-14(20)11-19)18-17(23)15(21)5-2/h5,9,13-15,20-21H,2,4,6-8,10-11H2,1,3H3,(H,18,23)/b12-9+/t13-,14+,15?/m1/s1. The first-order valence-electron chi connectivity index (χ1n) is 8.12. The van der Waals surface area contributed by atoms with Crippen LogP contribution in [0.4, 0.5) is 0 Å². The van der Waals surface area contributed by atoms with E-state index in [2.05, 4.69) is 11.9 Å². The molecule has 0 bridgehead atoms. The third kappa shape index (κ3) is 6.54. The molecular weight excluding hydrogens is 296 g/mol. The summed E-state index contributed by atoms with van der Waals surface area (Å²) >= 11 is 0. The molecule has 1 aliphatic rings. The molecule has 2 amide bonds. The van der Waals surface area contributed by atoms with Crippen molar-refractivity contribution in [1.29, 1.82) is 0 Å². The molecule has 3 N–H and O–H groups in total. The van der Waals surface area contributed by atoms with E-state index in [1.54, 1.807) is 11.0 Å². The van der Waals surface area contributed by atoms with E-state index in [1.807, 2.05) is 13.8 Å². The average Bonchev–Trinajstić information content (AvgIpc) is 2.68. The van der Waals surface area contributed by atoms with E-state index < -0.39 is 18.1 Å². The summed E-state index contributed by atoms with van der Waals surface area (Å²) in [6, 6.07) is -0.293. The van der Waals surface area contributed by atoms with Crippen LogP contribution >= 0.6 is 0 Å². The predicted molar refractivity (Wildman–Crippen MR) is 88.6 cm³/mol. The Morgan fingerprint density at radius 3 is 2.70 bits per heavy atom. The maximum Gasteiger partial charge on any atom is 0.253 e. The lowest BCUT2D eigenvalue weighted by Gasteiger charge is -2.25. The average molecular weight is 324 g/mol. The van der Waals surface area contributed by atoms with Gasteiger partial charge >= 0.3 is 0 Å². The van der Waals surface area contributed by atoms with Crippen LogP contribution in [0.5, 0.6) is 0 Å². The van der Waals surface area contributed by atoms with Crippen molar-refractivity contribution in [2.75, 3.05) is 13.1 Å². The largest absolute Gasteiger partial charge is 0.391 e. The van der Waals surface area contributed by atoms with Crippen molar-refractivity contribution in [2.45, 2.75) is 57.8 Å². The zero-order chi connectivity index (χ0) is 17.4. The number of hydrogen-bond acceptors (Lipinski definition) is 4. The molecule has 1 fully saturated rings. The second-order valence-electron chi connectivity index (χ2n) is 6.10. The highest BCUT2D eigenvalue weighted by Crippen LogP contribution is 2.14. The summed E-state index contributed by atoms with van der Waals surface area (Å²) in [7, 11) is 0. The molecule has 3 atom stereocenters. The summed E-state index contributed by atoms with van der Waals surface area (Å²) < 4.78 is 0. The van der Waals surface area contributed by atoms with Gasteiger partial charge in [0.1, 0.15) is 0 Å². The van der Waals surface area contributed by atoms with Gasteiger partial charge in [-0.25, -0.2) is 0 Å². The Balaban J connectivity index is 2.75. The van der Waals surface area contributed by atoms with E-state index in [4.69, 9.17) is 0 Å². The zero-order valence-corrected chi connectivity index (χ0v) is 14.0. The Morgan fingerprint density at radius 2 is 2.09 bits per heavy atom. The molecule has 0 aliphatic carbocycles. The third-order valence-electron chi connectivity index (χ3n) is 3.88. The molecule has 1 saturated heterocycles. The summed E-state index contributed by atoms with van der Waals surface area (Å²) in [5, 5.41) is 22.1. The Bertz CT molecular complexity index is 462. The number of aliphatic hydroxyl groups excluding tert-OH is 2. The number of carbonyl (C=O) groups is 2. The number of nitrogens with zero attached hydrogens (tertiary/aromatic N) is 1. The minimum atomic E-state index is -1.26. The second kappa shape index (κ2) is 9.47. The molecule has 0 spiro atoms. The van der Waals surface area contributed by atoms with E-state index in [-0.39, 0.29) is 18.5 Å². The van der Waals surface area contributed by atoms with Crippen LogP contribution in [-0.4, -0.2) is 58.3 Å². The molecule has 0 aromatic carbocycles. The molecule has 0 aromatic heterocycles. The third-order valence-corrected chi connectivity index (χ3v) is 3.88.